The number of aryl methyl sites for hydroxylation is 1. The number of hydrogen-bond donors (Lipinski definition) is 1. The number of halogens is 1. The number of piperidine rings is 1. The highest BCUT2D eigenvalue weighted by Crippen LogP contribution is 2.38. The summed E-state index contributed by atoms with van der Waals surface area (Å²) in [5.74, 6) is 1.19. The maximum absolute atomic E-state index is 13.1. The number of nitrogens with one attached hydrogen (secondary N) is 1. The summed E-state index contributed by atoms with van der Waals surface area (Å²) in [6.45, 7) is 10.7. The third kappa shape index (κ3) is 5.95. The summed E-state index contributed by atoms with van der Waals surface area (Å²) >= 11 is 6.55. The van der Waals surface area contributed by atoms with Crippen molar-refractivity contribution in [2.75, 3.05) is 0 Å². The number of benzene rings is 2. The number of hydrogen-bond acceptors (Lipinski definition) is 5. The van der Waals surface area contributed by atoms with Crippen LogP contribution < -0.4 is 10.1 Å². The van der Waals surface area contributed by atoms with Crippen LogP contribution in [0.3, 0.4) is 0 Å². The SMILES string of the molecule is Cc1cc(-c2cccc(Oc3ccc(C(=O)CC4CC(C)(C)NC(C)(C)C4)cc3Cl)c2C#N)ccn1. The van der Waals surface area contributed by atoms with Gasteiger partial charge in [0.05, 0.1) is 5.02 Å². The number of aromatic nitrogens is 1. The topological polar surface area (TPSA) is 75.0 Å². The average Bonchev–Trinajstić information content (AvgIpc) is 2.78. The van der Waals surface area contributed by atoms with Gasteiger partial charge < -0.3 is 10.1 Å². The first-order chi connectivity index (χ1) is 17.0. The molecule has 0 spiro atoms. The molecule has 1 N–H and O–H groups in total. The van der Waals surface area contributed by atoms with Gasteiger partial charge in [-0.05, 0) is 95.3 Å². The van der Waals surface area contributed by atoms with Gasteiger partial charge in [0, 0.05) is 40.5 Å². The monoisotopic (exact) mass is 501 g/mol. The second-order valence-electron chi connectivity index (χ2n) is 11.0. The molecule has 3 aromatic rings. The summed E-state index contributed by atoms with van der Waals surface area (Å²) in [6, 6.07) is 16.6. The largest absolute Gasteiger partial charge is 0.454 e. The van der Waals surface area contributed by atoms with Crippen LogP contribution in [0.4, 0.5) is 0 Å². The van der Waals surface area contributed by atoms with Crippen LogP contribution >= 0.6 is 11.6 Å². The molecule has 5 nitrogen and oxygen atoms in total. The summed E-state index contributed by atoms with van der Waals surface area (Å²) in [7, 11) is 0. The number of ether oxygens (including phenoxy) is 1. The zero-order chi connectivity index (χ0) is 26.1. The van der Waals surface area contributed by atoms with Gasteiger partial charge >= 0.3 is 0 Å². The highest BCUT2D eigenvalue weighted by molar-refractivity contribution is 6.32. The van der Waals surface area contributed by atoms with Gasteiger partial charge in [0.25, 0.3) is 0 Å². The van der Waals surface area contributed by atoms with E-state index >= 15 is 0 Å². The molecule has 4 rings (SSSR count). The van der Waals surface area contributed by atoms with E-state index in [2.05, 4.69) is 44.1 Å². The van der Waals surface area contributed by atoms with Crippen molar-refractivity contribution in [1.29, 1.82) is 5.26 Å². The summed E-state index contributed by atoms with van der Waals surface area (Å²) in [5, 5.41) is 13.9. The molecule has 0 unspecified atom stereocenters. The summed E-state index contributed by atoms with van der Waals surface area (Å²) < 4.78 is 6.07. The van der Waals surface area contributed by atoms with E-state index in [1.165, 1.54) is 0 Å². The molecule has 1 aliphatic heterocycles. The van der Waals surface area contributed by atoms with Crippen LogP contribution in [0.25, 0.3) is 11.1 Å². The molecule has 2 heterocycles. The quantitative estimate of drug-likeness (QED) is 0.354. The smallest absolute Gasteiger partial charge is 0.163 e. The maximum atomic E-state index is 13.1. The van der Waals surface area contributed by atoms with Crippen molar-refractivity contribution in [3.05, 3.63) is 76.6 Å². The minimum Gasteiger partial charge on any atom is -0.454 e. The van der Waals surface area contributed by atoms with Crippen LogP contribution in [0.15, 0.2) is 54.7 Å². The molecule has 0 bridgehead atoms. The molecular weight excluding hydrogens is 470 g/mol. The van der Waals surface area contributed by atoms with E-state index in [1.54, 1.807) is 30.5 Å². The second kappa shape index (κ2) is 10.0. The van der Waals surface area contributed by atoms with Crippen molar-refractivity contribution in [2.45, 2.75) is 65.0 Å². The fraction of sp³-hybridized carbons (Fsp3) is 0.367. The minimum absolute atomic E-state index is 0.00994. The van der Waals surface area contributed by atoms with Crippen LogP contribution in [0.1, 0.15) is 68.6 Å². The lowest BCUT2D eigenvalue weighted by molar-refractivity contribution is 0.0864. The number of pyridine rings is 1. The van der Waals surface area contributed by atoms with Crippen LogP contribution in [-0.2, 0) is 0 Å². The Kier molecular flexibility index (Phi) is 7.22. The standard InChI is InChI=1S/C30H32ClN3O2/c1-19-13-21(11-12-33-19)23-7-6-8-27(24(23)18-32)36-28-10-9-22(15-25(28)31)26(35)14-20-16-29(2,3)34-30(4,5)17-20/h6-13,15,20,34H,14,16-17H2,1-5H3. The van der Waals surface area contributed by atoms with Gasteiger partial charge in [-0.1, -0.05) is 23.7 Å². The summed E-state index contributed by atoms with van der Waals surface area (Å²) in [5.41, 5.74) is 3.48. The highest BCUT2D eigenvalue weighted by Gasteiger charge is 2.38. The Balaban J connectivity index is 1.54. The molecule has 0 saturated carbocycles. The molecule has 36 heavy (non-hydrogen) atoms. The summed E-state index contributed by atoms with van der Waals surface area (Å²) in [4.78, 5) is 17.4. The predicted molar refractivity (Wildman–Crippen MR) is 144 cm³/mol. The van der Waals surface area contributed by atoms with Crippen LogP contribution in [0.5, 0.6) is 11.5 Å². The van der Waals surface area contributed by atoms with E-state index in [9.17, 15) is 10.1 Å². The van der Waals surface area contributed by atoms with Gasteiger partial charge in [0.15, 0.2) is 5.78 Å². The Bertz CT molecular complexity index is 1320. The fourth-order valence-corrected chi connectivity index (χ4v) is 5.84. The predicted octanol–water partition coefficient (Wildman–Crippen LogP) is 7.50. The average molecular weight is 502 g/mol. The Morgan fingerprint density at radius 1 is 1.11 bits per heavy atom. The molecule has 0 radical (unpaired) electrons. The van der Waals surface area contributed by atoms with Gasteiger partial charge in [-0.2, -0.15) is 5.26 Å². The molecule has 6 heteroatoms. The van der Waals surface area contributed by atoms with E-state index < -0.39 is 0 Å². The Morgan fingerprint density at radius 3 is 2.47 bits per heavy atom. The normalized spacial score (nSPS) is 16.8. The first-order valence-electron chi connectivity index (χ1n) is 12.2. The van der Waals surface area contributed by atoms with E-state index in [0.717, 1.165) is 29.7 Å². The first kappa shape index (κ1) is 25.9. The molecular formula is C30H32ClN3O2. The number of ketones is 1. The lowest BCUT2D eigenvalue weighted by atomic mass is 9.74. The number of nitriles is 1. The first-order valence-corrected chi connectivity index (χ1v) is 12.6. The molecule has 1 aliphatic rings. The van der Waals surface area contributed by atoms with Crippen molar-refractivity contribution < 1.29 is 9.53 Å². The number of Topliss-reactive ketones (excluding diaryl/α,β-unsaturated/α-hetero) is 1. The van der Waals surface area contributed by atoms with Gasteiger partial charge in [-0.15, -0.1) is 0 Å². The Hall–Kier alpha value is -3.20. The van der Waals surface area contributed by atoms with E-state index in [4.69, 9.17) is 16.3 Å². The third-order valence-corrected chi connectivity index (χ3v) is 6.86. The van der Waals surface area contributed by atoms with Crippen molar-refractivity contribution in [2.24, 2.45) is 5.92 Å². The molecule has 1 fully saturated rings. The Morgan fingerprint density at radius 2 is 1.83 bits per heavy atom. The lowest BCUT2D eigenvalue weighted by Crippen LogP contribution is -2.57. The van der Waals surface area contributed by atoms with Gasteiger partial charge in [0.2, 0.25) is 0 Å². The van der Waals surface area contributed by atoms with Crippen LogP contribution in [-0.4, -0.2) is 21.8 Å². The number of carbonyl (C=O) groups excluding carboxylic acids is 1. The number of rotatable bonds is 6. The number of nitrogens with zero attached hydrogens (tertiary/aromatic N) is 2. The molecule has 0 amide bonds. The van der Waals surface area contributed by atoms with Crippen molar-refractivity contribution in [1.82, 2.24) is 10.3 Å². The van der Waals surface area contributed by atoms with Crippen molar-refractivity contribution in [3.8, 4) is 28.7 Å². The van der Waals surface area contributed by atoms with Gasteiger partial charge in [-0.25, -0.2) is 0 Å². The zero-order valence-corrected chi connectivity index (χ0v) is 22.2. The highest BCUT2D eigenvalue weighted by atomic mass is 35.5. The number of carbonyl (C=O) groups is 1. The van der Waals surface area contributed by atoms with E-state index in [-0.39, 0.29) is 16.9 Å². The fourth-order valence-electron chi connectivity index (χ4n) is 5.62. The van der Waals surface area contributed by atoms with E-state index in [0.29, 0.717) is 40.0 Å². The zero-order valence-electron chi connectivity index (χ0n) is 21.5. The third-order valence-electron chi connectivity index (χ3n) is 6.57. The van der Waals surface area contributed by atoms with Gasteiger partial charge in [-0.3, -0.25) is 9.78 Å². The maximum Gasteiger partial charge on any atom is 0.163 e. The molecule has 186 valence electrons. The molecule has 0 aliphatic carbocycles. The van der Waals surface area contributed by atoms with Crippen molar-refractivity contribution in [3.63, 3.8) is 0 Å². The lowest BCUT2D eigenvalue weighted by Gasteiger charge is -2.46. The molecule has 0 atom stereocenters. The van der Waals surface area contributed by atoms with Crippen molar-refractivity contribution >= 4 is 17.4 Å². The molecule has 2 aromatic carbocycles. The Labute approximate surface area is 218 Å². The van der Waals surface area contributed by atoms with Crippen LogP contribution in [0, 0.1) is 24.2 Å². The van der Waals surface area contributed by atoms with Gasteiger partial charge in [0.1, 0.15) is 23.1 Å². The van der Waals surface area contributed by atoms with Crippen LogP contribution in [0.2, 0.25) is 5.02 Å². The summed E-state index contributed by atoms with van der Waals surface area (Å²) in [6.07, 6.45) is 4.09. The van der Waals surface area contributed by atoms with E-state index in [1.807, 2.05) is 31.2 Å². The molecule has 1 saturated heterocycles. The molecule has 1 aromatic heterocycles. The second-order valence-corrected chi connectivity index (χ2v) is 11.4. The minimum atomic E-state index is -0.00994.